The molecule has 122 valence electrons. The van der Waals surface area contributed by atoms with Crippen LogP contribution in [0.4, 0.5) is 0 Å². The van der Waals surface area contributed by atoms with Crippen molar-refractivity contribution >= 4 is 17.3 Å². The van der Waals surface area contributed by atoms with Crippen LogP contribution in [-0.2, 0) is 0 Å². The molecule has 0 saturated carbocycles. The molecular formula is C22H16O3. The van der Waals surface area contributed by atoms with Crippen LogP contribution in [-0.4, -0.2) is 17.3 Å². The maximum Gasteiger partial charge on any atom is 0.194 e. The van der Waals surface area contributed by atoms with E-state index in [9.17, 15) is 14.4 Å². The molecule has 0 fully saturated rings. The molecule has 0 saturated heterocycles. The Hall–Kier alpha value is -3.33. The van der Waals surface area contributed by atoms with Gasteiger partial charge in [0.2, 0.25) is 0 Å². The quantitative estimate of drug-likeness (QED) is 0.488. The van der Waals surface area contributed by atoms with Crippen molar-refractivity contribution in [1.82, 2.24) is 0 Å². The van der Waals surface area contributed by atoms with E-state index in [1.165, 1.54) is 0 Å². The Morgan fingerprint density at radius 3 is 1.16 bits per heavy atom. The summed E-state index contributed by atoms with van der Waals surface area (Å²) >= 11 is 0. The predicted octanol–water partition coefficient (Wildman–Crippen LogP) is 4.35. The fourth-order valence-corrected chi connectivity index (χ4v) is 2.72. The third-order valence-corrected chi connectivity index (χ3v) is 4.01. The summed E-state index contributed by atoms with van der Waals surface area (Å²) in [6.45, 7) is 1.56. The molecule has 0 aromatic heterocycles. The summed E-state index contributed by atoms with van der Waals surface area (Å²) < 4.78 is 0. The third-order valence-electron chi connectivity index (χ3n) is 4.01. The molecule has 1 aliphatic rings. The van der Waals surface area contributed by atoms with Gasteiger partial charge in [0.1, 0.15) is 0 Å². The lowest BCUT2D eigenvalue weighted by Gasteiger charge is -2.16. The van der Waals surface area contributed by atoms with Crippen LogP contribution in [0.5, 0.6) is 0 Å². The average Bonchev–Trinajstić information content (AvgIpc) is 2.67. The molecule has 3 heteroatoms. The van der Waals surface area contributed by atoms with Gasteiger partial charge in [-0.1, -0.05) is 78.9 Å². The molecule has 0 unspecified atom stereocenters. The van der Waals surface area contributed by atoms with Crippen LogP contribution in [0.3, 0.4) is 0 Å². The second-order valence-electron chi connectivity index (χ2n) is 5.67. The number of carbonyl (C=O) groups excluding carboxylic acids is 3. The minimum Gasteiger partial charge on any atom is -0.295 e. The van der Waals surface area contributed by atoms with Gasteiger partial charge in [0.05, 0.1) is 0 Å². The Labute approximate surface area is 145 Å². The van der Waals surface area contributed by atoms with Crippen LogP contribution < -0.4 is 0 Å². The second kappa shape index (κ2) is 7.05. The van der Waals surface area contributed by atoms with Crippen LogP contribution in [0.25, 0.3) is 0 Å². The lowest BCUT2D eigenvalue weighted by Crippen LogP contribution is -2.20. The number of hydrogen-bond donors (Lipinski definition) is 0. The number of rotatable bonds is 1. The molecule has 3 aromatic rings. The lowest BCUT2D eigenvalue weighted by atomic mass is 9.84. The van der Waals surface area contributed by atoms with Crippen LogP contribution in [0, 0.1) is 0 Å². The first-order chi connectivity index (χ1) is 12.1. The molecule has 4 rings (SSSR count). The zero-order valence-electron chi connectivity index (χ0n) is 13.7. The van der Waals surface area contributed by atoms with Crippen molar-refractivity contribution in [2.45, 2.75) is 6.92 Å². The van der Waals surface area contributed by atoms with E-state index in [1.54, 1.807) is 55.5 Å². The first-order valence-corrected chi connectivity index (χ1v) is 7.93. The number of carbonyl (C=O) groups is 3. The first-order valence-electron chi connectivity index (χ1n) is 7.93. The largest absolute Gasteiger partial charge is 0.295 e. The summed E-state index contributed by atoms with van der Waals surface area (Å²) in [5, 5.41) is 0. The molecule has 0 bridgehead atoms. The van der Waals surface area contributed by atoms with E-state index >= 15 is 0 Å². The van der Waals surface area contributed by atoms with E-state index in [4.69, 9.17) is 0 Å². The summed E-state index contributed by atoms with van der Waals surface area (Å²) in [5.41, 5.74) is 2.80. The molecular weight excluding hydrogens is 312 g/mol. The van der Waals surface area contributed by atoms with Crippen LogP contribution in [0.1, 0.15) is 49.1 Å². The van der Waals surface area contributed by atoms with Crippen molar-refractivity contribution in [1.29, 1.82) is 0 Å². The van der Waals surface area contributed by atoms with E-state index in [1.807, 2.05) is 30.3 Å². The van der Waals surface area contributed by atoms with Gasteiger partial charge in [-0.15, -0.1) is 0 Å². The van der Waals surface area contributed by atoms with Crippen molar-refractivity contribution in [3.8, 4) is 0 Å². The predicted molar refractivity (Wildman–Crippen MR) is 96.2 cm³/mol. The molecule has 0 aliphatic heterocycles. The van der Waals surface area contributed by atoms with Crippen molar-refractivity contribution in [3.63, 3.8) is 0 Å². The Bertz CT molecular complexity index is 850. The van der Waals surface area contributed by atoms with Crippen LogP contribution in [0.15, 0.2) is 78.9 Å². The van der Waals surface area contributed by atoms with Crippen LogP contribution in [0.2, 0.25) is 0 Å². The number of ketones is 3. The van der Waals surface area contributed by atoms with E-state index in [-0.39, 0.29) is 17.3 Å². The number of Topliss-reactive ketones (excluding diaryl/α,β-unsaturated/α-hetero) is 1. The lowest BCUT2D eigenvalue weighted by molar-refractivity contribution is 0.0979. The maximum absolute atomic E-state index is 12.1. The maximum atomic E-state index is 12.1. The van der Waals surface area contributed by atoms with E-state index in [2.05, 4.69) is 0 Å². The van der Waals surface area contributed by atoms with Gasteiger partial charge in [-0.05, 0) is 6.92 Å². The standard InChI is InChI=1S/C14H8O2.C8H8O/c15-13-9-5-1-2-6-10(9)14(16)12-8-4-3-7-11(12)13;1-7(9)8-5-3-2-4-6-8/h1-8H;2-6H,1H3. The van der Waals surface area contributed by atoms with Crippen molar-refractivity contribution in [2.24, 2.45) is 0 Å². The number of fused-ring (bicyclic) bond motifs is 2. The highest BCUT2D eigenvalue weighted by Gasteiger charge is 2.28. The van der Waals surface area contributed by atoms with Gasteiger partial charge in [-0.3, -0.25) is 14.4 Å². The third kappa shape index (κ3) is 3.31. The molecule has 25 heavy (non-hydrogen) atoms. The van der Waals surface area contributed by atoms with Crippen LogP contribution >= 0.6 is 0 Å². The van der Waals surface area contributed by atoms with Crippen molar-refractivity contribution in [3.05, 3.63) is 107 Å². The Morgan fingerprint density at radius 2 is 0.880 bits per heavy atom. The highest BCUT2D eigenvalue weighted by atomic mass is 16.1. The molecule has 0 spiro atoms. The summed E-state index contributed by atoms with van der Waals surface area (Å²) in [6, 6.07) is 23.1. The number of benzene rings is 3. The second-order valence-corrected chi connectivity index (χ2v) is 5.67. The minimum absolute atomic E-state index is 0.0641. The van der Waals surface area contributed by atoms with E-state index in [0.717, 1.165) is 5.56 Å². The highest BCUT2D eigenvalue weighted by molar-refractivity contribution is 6.28. The van der Waals surface area contributed by atoms with Crippen molar-refractivity contribution in [2.75, 3.05) is 0 Å². The van der Waals surface area contributed by atoms with Gasteiger partial charge in [0, 0.05) is 27.8 Å². The van der Waals surface area contributed by atoms with Gasteiger partial charge in [0.15, 0.2) is 17.3 Å². The molecule has 0 heterocycles. The molecule has 3 aromatic carbocycles. The Morgan fingerprint density at radius 1 is 0.560 bits per heavy atom. The number of hydrogen-bond acceptors (Lipinski definition) is 3. The highest BCUT2D eigenvalue weighted by Crippen LogP contribution is 2.26. The van der Waals surface area contributed by atoms with E-state index < -0.39 is 0 Å². The SMILES string of the molecule is CC(=O)c1ccccc1.O=C1c2ccccc2C(=O)c2ccccc21. The zero-order valence-corrected chi connectivity index (χ0v) is 13.7. The van der Waals surface area contributed by atoms with Crippen molar-refractivity contribution < 1.29 is 14.4 Å². The zero-order chi connectivity index (χ0) is 17.8. The monoisotopic (exact) mass is 328 g/mol. The normalized spacial score (nSPS) is 11.7. The molecule has 0 atom stereocenters. The van der Waals surface area contributed by atoms with Gasteiger partial charge < -0.3 is 0 Å². The minimum atomic E-state index is -0.0641. The Kier molecular flexibility index (Phi) is 4.66. The molecule has 3 nitrogen and oxygen atoms in total. The van der Waals surface area contributed by atoms with Gasteiger partial charge >= 0.3 is 0 Å². The summed E-state index contributed by atoms with van der Waals surface area (Å²) in [7, 11) is 0. The summed E-state index contributed by atoms with van der Waals surface area (Å²) in [4.78, 5) is 34.8. The smallest absolute Gasteiger partial charge is 0.194 e. The van der Waals surface area contributed by atoms with Gasteiger partial charge in [-0.25, -0.2) is 0 Å². The fourth-order valence-electron chi connectivity index (χ4n) is 2.72. The van der Waals surface area contributed by atoms with Gasteiger partial charge in [-0.2, -0.15) is 0 Å². The summed E-state index contributed by atoms with van der Waals surface area (Å²) in [5.74, 6) is -0.00722. The topological polar surface area (TPSA) is 51.2 Å². The first kappa shape index (κ1) is 16.5. The summed E-state index contributed by atoms with van der Waals surface area (Å²) in [6.07, 6.45) is 0. The molecule has 0 radical (unpaired) electrons. The van der Waals surface area contributed by atoms with E-state index in [0.29, 0.717) is 22.3 Å². The fraction of sp³-hybridized carbons (Fsp3) is 0.0455. The average molecular weight is 328 g/mol. The molecule has 0 amide bonds. The Balaban J connectivity index is 0.000000173. The van der Waals surface area contributed by atoms with Gasteiger partial charge in [0.25, 0.3) is 0 Å². The molecule has 1 aliphatic carbocycles. The molecule has 0 N–H and O–H groups in total.